The molecule has 0 saturated carbocycles. The van der Waals surface area contributed by atoms with Crippen molar-refractivity contribution in [3.05, 3.63) is 12.2 Å². The van der Waals surface area contributed by atoms with Crippen LogP contribution in [0.15, 0.2) is 12.2 Å². The van der Waals surface area contributed by atoms with Gasteiger partial charge in [0.15, 0.2) is 0 Å². The molecule has 1 fully saturated rings. The Kier molecular flexibility index (Phi) is 8.41. The average Bonchev–Trinajstić information content (AvgIpc) is 2.56. The molecule has 0 bridgehead atoms. The van der Waals surface area contributed by atoms with E-state index < -0.39 is 28.7 Å². The first-order valence-corrected chi connectivity index (χ1v) is 8.77. The lowest BCUT2D eigenvalue weighted by atomic mass is 9.97. The molecule has 0 spiro atoms. The molecule has 27 heavy (non-hydrogen) atoms. The van der Waals surface area contributed by atoms with Gasteiger partial charge in [-0.2, -0.15) is 0 Å². The number of ketones is 1. The first kappa shape index (κ1) is 24.8. The number of hydrogen-bond donors (Lipinski definition) is 0. The molecule has 0 aliphatic carbocycles. The van der Waals surface area contributed by atoms with E-state index in [1.807, 2.05) is 0 Å². The van der Waals surface area contributed by atoms with Crippen molar-refractivity contribution < 1.29 is 33.4 Å². The van der Waals surface area contributed by atoms with E-state index >= 15 is 0 Å². The van der Waals surface area contributed by atoms with Crippen molar-refractivity contribution in [1.29, 1.82) is 0 Å². The topological polar surface area (TPSA) is 96.0 Å². The van der Waals surface area contributed by atoms with Crippen LogP contribution in [-0.2, 0) is 33.4 Å². The fourth-order valence-corrected chi connectivity index (χ4v) is 2.22. The second kappa shape index (κ2) is 9.15. The number of rotatable bonds is 4. The van der Waals surface area contributed by atoms with Gasteiger partial charge < -0.3 is 14.2 Å². The third-order valence-electron chi connectivity index (χ3n) is 2.97. The van der Waals surface area contributed by atoms with E-state index in [1.165, 1.54) is 6.92 Å². The smallest absolute Gasteiger partial charge is 0.334 e. The fraction of sp³-hybridized carbons (Fsp3) is 0.700. The Hall–Kier alpha value is -2.18. The predicted octanol–water partition coefficient (Wildman–Crippen LogP) is 3.29. The summed E-state index contributed by atoms with van der Waals surface area (Å²) in [6, 6.07) is 0. The molecule has 0 aromatic rings. The number of carbonyl (C=O) groups excluding carboxylic acids is 4. The van der Waals surface area contributed by atoms with E-state index in [2.05, 4.69) is 6.58 Å². The maximum atomic E-state index is 11.6. The van der Waals surface area contributed by atoms with Crippen molar-refractivity contribution in [3.8, 4) is 0 Å². The minimum absolute atomic E-state index is 0.0645. The van der Waals surface area contributed by atoms with Crippen LogP contribution in [-0.4, -0.2) is 40.5 Å². The van der Waals surface area contributed by atoms with Gasteiger partial charge in [0.05, 0.1) is 6.42 Å². The second-order valence-electron chi connectivity index (χ2n) is 8.85. The number of cyclic esters (lactones) is 1. The summed E-state index contributed by atoms with van der Waals surface area (Å²) < 4.78 is 15.2. The molecule has 1 saturated heterocycles. The number of esters is 3. The van der Waals surface area contributed by atoms with Crippen LogP contribution in [0.5, 0.6) is 0 Å². The summed E-state index contributed by atoms with van der Waals surface area (Å²) in [5.41, 5.74) is -1.40. The molecule has 1 unspecified atom stereocenters. The van der Waals surface area contributed by atoms with Crippen molar-refractivity contribution in [2.45, 2.75) is 91.5 Å². The van der Waals surface area contributed by atoms with E-state index in [9.17, 15) is 19.2 Å². The minimum atomic E-state index is -0.795. The Morgan fingerprint density at radius 3 is 1.81 bits per heavy atom. The summed E-state index contributed by atoms with van der Waals surface area (Å²) in [5, 5.41) is 0. The highest BCUT2D eigenvalue weighted by Crippen LogP contribution is 2.33. The zero-order valence-corrected chi connectivity index (χ0v) is 17.7. The van der Waals surface area contributed by atoms with Crippen LogP contribution in [0.2, 0.25) is 0 Å². The fourth-order valence-electron chi connectivity index (χ4n) is 2.22. The minimum Gasteiger partial charge on any atom is -0.460 e. The third-order valence-corrected chi connectivity index (χ3v) is 2.97. The summed E-state index contributed by atoms with van der Waals surface area (Å²) in [7, 11) is 0. The van der Waals surface area contributed by atoms with E-state index in [4.69, 9.17) is 14.2 Å². The van der Waals surface area contributed by atoms with Crippen LogP contribution in [0.4, 0.5) is 0 Å². The quantitative estimate of drug-likeness (QED) is 0.317. The summed E-state index contributed by atoms with van der Waals surface area (Å²) in [6.45, 7) is 17.4. The molecular formula is C20H32O7. The Bertz CT molecular complexity index is 587. The Balaban J connectivity index is 0.000000541. The van der Waals surface area contributed by atoms with Gasteiger partial charge in [0.2, 0.25) is 0 Å². The average molecular weight is 384 g/mol. The van der Waals surface area contributed by atoms with Crippen LogP contribution in [0, 0.1) is 0 Å². The van der Waals surface area contributed by atoms with Gasteiger partial charge in [-0.05, 0) is 55.4 Å². The largest absolute Gasteiger partial charge is 0.460 e. The Labute approximate surface area is 161 Å². The van der Waals surface area contributed by atoms with Gasteiger partial charge in [-0.3, -0.25) is 14.4 Å². The van der Waals surface area contributed by atoms with E-state index in [0.29, 0.717) is 12.0 Å². The van der Waals surface area contributed by atoms with Crippen molar-refractivity contribution in [3.63, 3.8) is 0 Å². The lowest BCUT2D eigenvalue weighted by molar-refractivity contribution is -0.163. The summed E-state index contributed by atoms with van der Waals surface area (Å²) in [6.07, 6.45) is 0.317. The normalized spacial score (nSPS) is 19.6. The van der Waals surface area contributed by atoms with Crippen molar-refractivity contribution >= 4 is 23.7 Å². The molecule has 1 rings (SSSR count). The predicted molar refractivity (Wildman–Crippen MR) is 99.9 cm³/mol. The molecule has 1 aliphatic rings. The van der Waals surface area contributed by atoms with Gasteiger partial charge in [0.25, 0.3) is 0 Å². The first-order valence-electron chi connectivity index (χ1n) is 8.77. The molecule has 1 aliphatic heterocycles. The molecule has 1 heterocycles. The number of hydrogen-bond acceptors (Lipinski definition) is 7. The third kappa shape index (κ3) is 11.9. The highest BCUT2D eigenvalue weighted by Gasteiger charge is 2.41. The molecule has 0 aromatic heterocycles. The lowest BCUT2D eigenvalue weighted by Crippen LogP contribution is -2.32. The van der Waals surface area contributed by atoms with Crippen LogP contribution >= 0.6 is 0 Å². The lowest BCUT2D eigenvalue weighted by Gasteiger charge is -2.25. The van der Waals surface area contributed by atoms with Gasteiger partial charge in [-0.25, -0.2) is 4.79 Å². The molecule has 0 N–H and O–H groups in total. The molecule has 0 radical (unpaired) electrons. The number of Topliss-reactive ketones (excluding diaryl/α,β-unsaturated/α-hetero) is 1. The Morgan fingerprint density at radius 1 is 1.04 bits per heavy atom. The molecule has 0 aromatic carbocycles. The first-order chi connectivity index (χ1) is 11.9. The van der Waals surface area contributed by atoms with Gasteiger partial charge in [0.1, 0.15) is 29.0 Å². The number of ether oxygens (including phenoxy) is 3. The van der Waals surface area contributed by atoms with Crippen molar-refractivity contribution in [2.75, 3.05) is 0 Å². The highest BCUT2D eigenvalue weighted by molar-refractivity contribution is 5.94. The molecule has 0 amide bonds. The molecular weight excluding hydrogens is 352 g/mol. The molecule has 7 heteroatoms. The Morgan fingerprint density at radius 2 is 1.48 bits per heavy atom. The maximum Gasteiger partial charge on any atom is 0.334 e. The van der Waals surface area contributed by atoms with Gasteiger partial charge in [0, 0.05) is 12.0 Å². The number of carbonyl (C=O) groups is 4. The van der Waals surface area contributed by atoms with Crippen LogP contribution in [0.25, 0.3) is 0 Å². The van der Waals surface area contributed by atoms with E-state index in [-0.39, 0.29) is 24.6 Å². The molecule has 154 valence electrons. The van der Waals surface area contributed by atoms with E-state index in [1.54, 1.807) is 48.5 Å². The van der Waals surface area contributed by atoms with Gasteiger partial charge >= 0.3 is 17.9 Å². The highest BCUT2D eigenvalue weighted by atomic mass is 16.6. The second-order valence-corrected chi connectivity index (χ2v) is 8.85. The SMILES string of the molecule is C=C1CC(C)(CC(=O)OC(C)(C)C)OC1=O.CC(=O)CC(=O)OC(C)(C)C. The standard InChI is InChI=1S/C12H18O4.C8H14O3/c1-8-6-12(5,16-10(8)14)7-9(13)15-11(2,3)4;1-6(9)5-7(10)11-8(2,3)4/h1,6-7H2,2-5H3;5H2,1-4H3. The maximum absolute atomic E-state index is 11.6. The van der Waals surface area contributed by atoms with Gasteiger partial charge in [-0.1, -0.05) is 6.58 Å². The molecule has 1 atom stereocenters. The van der Waals surface area contributed by atoms with Crippen LogP contribution < -0.4 is 0 Å². The van der Waals surface area contributed by atoms with Crippen LogP contribution in [0.3, 0.4) is 0 Å². The summed E-state index contributed by atoms with van der Waals surface area (Å²) in [4.78, 5) is 44.0. The summed E-state index contributed by atoms with van der Waals surface area (Å²) in [5.74, 6) is -1.41. The molecule has 7 nitrogen and oxygen atoms in total. The summed E-state index contributed by atoms with van der Waals surface area (Å²) >= 11 is 0. The van der Waals surface area contributed by atoms with Crippen molar-refractivity contribution in [1.82, 2.24) is 0 Å². The van der Waals surface area contributed by atoms with E-state index in [0.717, 1.165) is 0 Å². The zero-order chi connectivity index (χ0) is 21.6. The van der Waals surface area contributed by atoms with Gasteiger partial charge in [-0.15, -0.1) is 0 Å². The van der Waals surface area contributed by atoms with Crippen molar-refractivity contribution in [2.24, 2.45) is 0 Å². The zero-order valence-electron chi connectivity index (χ0n) is 17.7. The van der Waals surface area contributed by atoms with Crippen LogP contribution in [0.1, 0.15) is 74.7 Å². The monoisotopic (exact) mass is 384 g/mol.